The van der Waals surface area contributed by atoms with Crippen LogP contribution in [0.15, 0.2) is 18.2 Å². The predicted molar refractivity (Wildman–Crippen MR) is 73.6 cm³/mol. The van der Waals surface area contributed by atoms with Crippen LogP contribution in [0.5, 0.6) is 0 Å². The van der Waals surface area contributed by atoms with Crippen molar-refractivity contribution in [1.29, 1.82) is 0 Å². The second-order valence-electron chi connectivity index (χ2n) is 5.24. The van der Waals surface area contributed by atoms with Crippen LogP contribution in [0, 0.1) is 0 Å². The number of benzene rings is 1. The summed E-state index contributed by atoms with van der Waals surface area (Å²) in [6.07, 6.45) is -4.99. The topological polar surface area (TPSA) is 62.1 Å². The average molecular weight is 299 g/mol. The number of nitrogens with one attached hydrogen (secondary N) is 1. The molecule has 4 nitrogen and oxygen atoms in total. The van der Waals surface area contributed by atoms with Gasteiger partial charge in [0.2, 0.25) is 5.91 Å². The van der Waals surface area contributed by atoms with E-state index in [0.717, 1.165) is 5.56 Å². The van der Waals surface area contributed by atoms with Gasteiger partial charge in [0.05, 0.1) is 6.42 Å². The zero-order valence-corrected chi connectivity index (χ0v) is 11.7. The van der Waals surface area contributed by atoms with Crippen molar-refractivity contribution in [3.63, 3.8) is 0 Å². The first-order chi connectivity index (χ1) is 9.68. The van der Waals surface area contributed by atoms with Gasteiger partial charge in [-0.25, -0.2) is 0 Å². The number of nitrogens with zero attached hydrogens (tertiary/aromatic N) is 1. The van der Waals surface area contributed by atoms with Gasteiger partial charge in [0.15, 0.2) is 0 Å². The number of aromatic amines is 1. The van der Waals surface area contributed by atoms with Crippen LogP contribution in [0.2, 0.25) is 0 Å². The van der Waals surface area contributed by atoms with E-state index >= 15 is 0 Å². The third-order valence-electron chi connectivity index (χ3n) is 3.10. The lowest BCUT2D eigenvalue weighted by atomic mass is 10.0. The summed E-state index contributed by atoms with van der Waals surface area (Å²) in [6, 6.07) is 5.01. The molecule has 0 saturated carbocycles. The van der Waals surface area contributed by atoms with Gasteiger partial charge < -0.3 is 15.6 Å². The summed E-state index contributed by atoms with van der Waals surface area (Å²) in [6.45, 7) is 0.596. The predicted octanol–water partition coefficient (Wildman–Crippen LogP) is 2.28. The summed E-state index contributed by atoms with van der Waals surface area (Å²) in [4.78, 5) is 15.3. The molecule has 0 bridgehead atoms. The second-order valence-corrected chi connectivity index (χ2v) is 5.24. The molecule has 2 aromatic rings. The normalized spacial score (nSPS) is 12.3. The Morgan fingerprint density at radius 1 is 1.33 bits per heavy atom. The Kier molecular flexibility index (Phi) is 3.95. The summed E-state index contributed by atoms with van der Waals surface area (Å²) < 4.78 is 39.2. The van der Waals surface area contributed by atoms with Crippen molar-refractivity contribution in [2.24, 2.45) is 5.73 Å². The maximum absolute atomic E-state index is 13.1. The summed E-state index contributed by atoms with van der Waals surface area (Å²) in [5.41, 5.74) is 5.30. The molecule has 3 N–H and O–H groups in total. The molecule has 1 amide bonds. The number of nitrogens with two attached hydrogens (primary N) is 1. The minimum absolute atomic E-state index is 0.0920. The van der Waals surface area contributed by atoms with Crippen molar-refractivity contribution in [3.05, 3.63) is 35.0 Å². The molecule has 114 valence electrons. The number of fused-ring (bicyclic) bond motifs is 1. The Balaban J connectivity index is 2.62. The van der Waals surface area contributed by atoms with Gasteiger partial charge in [-0.2, -0.15) is 13.2 Å². The van der Waals surface area contributed by atoms with Crippen molar-refractivity contribution in [1.82, 2.24) is 9.88 Å². The van der Waals surface area contributed by atoms with Crippen molar-refractivity contribution >= 4 is 16.8 Å². The minimum Gasteiger partial charge on any atom is -0.369 e. The number of carbonyl (C=O) groups is 1. The van der Waals surface area contributed by atoms with Crippen molar-refractivity contribution in [2.75, 3.05) is 14.1 Å². The van der Waals surface area contributed by atoms with Crippen LogP contribution in [0.4, 0.5) is 13.2 Å². The smallest absolute Gasteiger partial charge is 0.369 e. The molecule has 1 aromatic heterocycles. The maximum Gasteiger partial charge on any atom is 0.431 e. The van der Waals surface area contributed by atoms with Crippen LogP contribution in [-0.4, -0.2) is 29.9 Å². The number of amides is 1. The molecular formula is C14H16F3N3O. The average Bonchev–Trinajstić information content (AvgIpc) is 2.66. The quantitative estimate of drug-likeness (QED) is 0.910. The molecule has 0 saturated heterocycles. The molecule has 7 heteroatoms. The molecule has 21 heavy (non-hydrogen) atoms. The highest BCUT2D eigenvalue weighted by Crippen LogP contribution is 2.36. The van der Waals surface area contributed by atoms with Crippen LogP contribution in [-0.2, 0) is 23.9 Å². The number of primary amides is 1. The maximum atomic E-state index is 13.1. The molecule has 1 aromatic carbocycles. The van der Waals surface area contributed by atoms with Gasteiger partial charge in [0.25, 0.3) is 0 Å². The largest absolute Gasteiger partial charge is 0.431 e. The van der Waals surface area contributed by atoms with E-state index in [4.69, 9.17) is 5.73 Å². The van der Waals surface area contributed by atoms with E-state index in [1.54, 1.807) is 18.2 Å². The lowest BCUT2D eigenvalue weighted by molar-refractivity contribution is -0.141. The number of halogens is 3. The Morgan fingerprint density at radius 2 is 2.00 bits per heavy atom. The van der Waals surface area contributed by atoms with E-state index in [1.165, 1.54) is 0 Å². The number of hydrogen-bond donors (Lipinski definition) is 2. The molecule has 0 radical (unpaired) electrons. The highest BCUT2D eigenvalue weighted by Gasteiger charge is 2.36. The zero-order valence-electron chi connectivity index (χ0n) is 11.7. The molecule has 0 aliphatic heterocycles. The number of H-pyrrole nitrogens is 1. The molecule has 0 unspecified atom stereocenters. The SMILES string of the molecule is CN(C)Cc1ccc2[nH]c(C(F)(F)F)c(CC(N)=O)c2c1. The fourth-order valence-electron chi connectivity index (χ4n) is 2.36. The molecule has 0 atom stereocenters. The Hall–Kier alpha value is -2.02. The first-order valence-corrected chi connectivity index (χ1v) is 6.32. The molecule has 0 fully saturated rings. The Labute approximate surface area is 119 Å². The number of hydrogen-bond acceptors (Lipinski definition) is 2. The van der Waals surface area contributed by atoms with E-state index in [1.807, 2.05) is 19.0 Å². The third kappa shape index (κ3) is 3.36. The zero-order chi connectivity index (χ0) is 15.8. The first-order valence-electron chi connectivity index (χ1n) is 6.32. The van der Waals surface area contributed by atoms with Crippen molar-refractivity contribution in [3.8, 4) is 0 Å². The van der Waals surface area contributed by atoms with Gasteiger partial charge in [0, 0.05) is 17.4 Å². The molecule has 0 aliphatic carbocycles. The van der Waals surface area contributed by atoms with Crippen LogP contribution in [0.1, 0.15) is 16.8 Å². The number of alkyl halides is 3. The summed E-state index contributed by atoms with van der Waals surface area (Å²) in [5.74, 6) is -0.792. The van der Waals surface area contributed by atoms with E-state index in [0.29, 0.717) is 17.4 Å². The summed E-state index contributed by atoms with van der Waals surface area (Å²) in [7, 11) is 3.74. The highest BCUT2D eigenvalue weighted by atomic mass is 19.4. The first kappa shape index (κ1) is 15.4. The highest BCUT2D eigenvalue weighted by molar-refractivity contribution is 5.90. The second kappa shape index (κ2) is 5.40. The van der Waals surface area contributed by atoms with Crippen LogP contribution < -0.4 is 5.73 Å². The third-order valence-corrected chi connectivity index (χ3v) is 3.10. The van der Waals surface area contributed by atoms with Gasteiger partial charge in [-0.15, -0.1) is 0 Å². The van der Waals surface area contributed by atoms with Crippen LogP contribution in [0.25, 0.3) is 10.9 Å². The molecular weight excluding hydrogens is 283 g/mol. The summed E-state index contributed by atoms with van der Waals surface area (Å²) >= 11 is 0. The Bertz CT molecular complexity index is 674. The molecule has 0 aliphatic rings. The fraction of sp³-hybridized carbons (Fsp3) is 0.357. The lowest BCUT2D eigenvalue weighted by Gasteiger charge is -2.10. The molecule has 0 spiro atoms. The summed E-state index contributed by atoms with van der Waals surface area (Å²) in [5, 5.41) is 0.389. The monoisotopic (exact) mass is 299 g/mol. The van der Waals surface area contributed by atoms with Gasteiger partial charge in [-0.05, 0) is 37.4 Å². The van der Waals surface area contributed by atoms with Crippen molar-refractivity contribution in [2.45, 2.75) is 19.1 Å². The number of rotatable bonds is 4. The van der Waals surface area contributed by atoms with Crippen LogP contribution >= 0.6 is 0 Å². The van der Waals surface area contributed by atoms with Crippen molar-refractivity contribution < 1.29 is 18.0 Å². The van der Waals surface area contributed by atoms with Crippen LogP contribution in [0.3, 0.4) is 0 Å². The molecule has 1 heterocycles. The van der Waals surface area contributed by atoms with Gasteiger partial charge in [0.1, 0.15) is 5.69 Å². The van der Waals surface area contributed by atoms with E-state index < -0.39 is 24.2 Å². The lowest BCUT2D eigenvalue weighted by Crippen LogP contribution is -2.17. The minimum atomic E-state index is -4.55. The van der Waals surface area contributed by atoms with Gasteiger partial charge >= 0.3 is 6.18 Å². The molecule has 2 rings (SSSR count). The van der Waals surface area contributed by atoms with E-state index in [2.05, 4.69) is 4.98 Å². The number of aromatic nitrogens is 1. The van der Waals surface area contributed by atoms with E-state index in [9.17, 15) is 18.0 Å². The standard InChI is InChI=1S/C14H16F3N3O/c1-20(2)7-8-3-4-11-9(5-8)10(6-12(18)21)13(19-11)14(15,16)17/h3-5,19H,6-7H2,1-2H3,(H2,18,21). The van der Waals surface area contributed by atoms with Gasteiger partial charge in [-0.1, -0.05) is 6.07 Å². The van der Waals surface area contributed by atoms with Gasteiger partial charge in [-0.3, -0.25) is 4.79 Å². The van der Waals surface area contributed by atoms with E-state index in [-0.39, 0.29) is 5.56 Å². The number of carbonyl (C=O) groups excluding carboxylic acids is 1. The fourth-order valence-corrected chi connectivity index (χ4v) is 2.36. The Morgan fingerprint density at radius 3 is 2.52 bits per heavy atom.